The molecule has 102 valence electrons. The monoisotopic (exact) mass is 284 g/mol. The molecule has 2 aromatic carbocycles. The highest BCUT2D eigenvalue weighted by Crippen LogP contribution is 2.17. The summed E-state index contributed by atoms with van der Waals surface area (Å²) in [6.45, 7) is 0.606. The summed E-state index contributed by atoms with van der Waals surface area (Å²) < 4.78 is 3.52. The largest absolute Gasteiger partial charge is 0.329 e. The van der Waals surface area contributed by atoms with Crippen LogP contribution in [-0.2, 0) is 13.6 Å². The molecule has 3 rings (SSSR count). The number of fused-ring (bicyclic) bond motifs is 1. The number of benzene rings is 2. The van der Waals surface area contributed by atoms with E-state index in [2.05, 4.69) is 30.5 Å². The van der Waals surface area contributed by atoms with Gasteiger partial charge in [0.05, 0.1) is 17.6 Å². The van der Waals surface area contributed by atoms with Crippen LogP contribution >= 0.6 is 11.8 Å². The van der Waals surface area contributed by atoms with Crippen LogP contribution in [0.5, 0.6) is 0 Å². The van der Waals surface area contributed by atoms with Crippen LogP contribution in [0.1, 0.15) is 5.56 Å². The van der Waals surface area contributed by atoms with Crippen LogP contribution in [0.3, 0.4) is 0 Å². The summed E-state index contributed by atoms with van der Waals surface area (Å²) in [6.07, 6.45) is 2.06. The van der Waals surface area contributed by atoms with Crippen molar-refractivity contribution in [2.24, 2.45) is 7.05 Å². The zero-order valence-corrected chi connectivity index (χ0v) is 12.4. The first-order chi connectivity index (χ1) is 9.70. The zero-order chi connectivity index (χ0) is 14.1. The number of nitrogens with zero attached hydrogens (tertiary/aromatic N) is 2. The molecule has 0 fully saturated rings. The summed E-state index contributed by atoms with van der Waals surface area (Å²) in [5.74, 6) is 0. The van der Waals surface area contributed by atoms with Gasteiger partial charge in [-0.15, -0.1) is 11.8 Å². The normalized spacial score (nSPS) is 11.1. The Labute approximate surface area is 121 Å². The number of hydrogen-bond donors (Lipinski definition) is 0. The van der Waals surface area contributed by atoms with E-state index >= 15 is 0 Å². The van der Waals surface area contributed by atoms with Crippen molar-refractivity contribution in [2.45, 2.75) is 11.4 Å². The predicted molar refractivity (Wildman–Crippen MR) is 84.5 cm³/mol. The van der Waals surface area contributed by atoms with Crippen molar-refractivity contribution in [3.8, 4) is 0 Å². The third kappa shape index (κ3) is 2.16. The number of aryl methyl sites for hydroxylation is 1. The molecule has 0 amide bonds. The second-order valence-electron chi connectivity index (χ2n) is 4.76. The van der Waals surface area contributed by atoms with Gasteiger partial charge in [0.15, 0.2) is 0 Å². The highest BCUT2D eigenvalue weighted by molar-refractivity contribution is 7.98. The summed E-state index contributed by atoms with van der Waals surface area (Å²) >= 11 is 1.72. The van der Waals surface area contributed by atoms with Gasteiger partial charge in [-0.25, -0.2) is 4.79 Å². The van der Waals surface area contributed by atoms with E-state index in [1.165, 1.54) is 4.90 Å². The molecule has 0 bridgehead atoms. The number of thioether (sulfide) groups is 1. The smallest absolute Gasteiger partial charge is 0.295 e. The Morgan fingerprint density at radius 3 is 2.30 bits per heavy atom. The van der Waals surface area contributed by atoms with Gasteiger partial charge in [0.2, 0.25) is 0 Å². The quantitative estimate of drug-likeness (QED) is 0.691. The van der Waals surface area contributed by atoms with Crippen LogP contribution in [0.2, 0.25) is 0 Å². The average molecular weight is 284 g/mol. The molecule has 4 heteroatoms. The van der Waals surface area contributed by atoms with Gasteiger partial charge in [0, 0.05) is 11.9 Å². The number of rotatable bonds is 3. The number of para-hydroxylation sites is 2. The lowest BCUT2D eigenvalue weighted by atomic mass is 10.2. The van der Waals surface area contributed by atoms with Crippen molar-refractivity contribution in [1.29, 1.82) is 0 Å². The Morgan fingerprint density at radius 2 is 1.65 bits per heavy atom. The fourth-order valence-corrected chi connectivity index (χ4v) is 2.84. The fourth-order valence-electron chi connectivity index (χ4n) is 2.43. The summed E-state index contributed by atoms with van der Waals surface area (Å²) in [6, 6.07) is 16.2. The van der Waals surface area contributed by atoms with E-state index in [1.807, 2.05) is 35.9 Å². The molecule has 0 saturated carbocycles. The van der Waals surface area contributed by atoms with E-state index < -0.39 is 0 Å². The second kappa shape index (κ2) is 5.21. The van der Waals surface area contributed by atoms with E-state index in [1.54, 1.807) is 16.3 Å². The van der Waals surface area contributed by atoms with E-state index in [4.69, 9.17) is 0 Å². The molecule has 0 N–H and O–H groups in total. The van der Waals surface area contributed by atoms with Gasteiger partial charge in [-0.2, -0.15) is 0 Å². The Hall–Kier alpha value is -1.94. The molecule has 1 aromatic heterocycles. The topological polar surface area (TPSA) is 26.9 Å². The molecule has 3 aromatic rings. The summed E-state index contributed by atoms with van der Waals surface area (Å²) in [5, 5.41) is 0. The molecule has 0 aliphatic rings. The fraction of sp³-hybridized carbons (Fsp3) is 0.188. The van der Waals surface area contributed by atoms with Crippen molar-refractivity contribution < 1.29 is 0 Å². The van der Waals surface area contributed by atoms with Crippen molar-refractivity contribution in [1.82, 2.24) is 9.13 Å². The van der Waals surface area contributed by atoms with Crippen LogP contribution in [-0.4, -0.2) is 15.4 Å². The number of aromatic nitrogens is 2. The SMILES string of the molecule is CSc1ccc(Cn2c(=O)n(C)c3ccccc32)cc1. The summed E-state index contributed by atoms with van der Waals surface area (Å²) in [4.78, 5) is 13.6. The molecule has 0 spiro atoms. The molecular formula is C16H16N2OS. The van der Waals surface area contributed by atoms with Crippen molar-refractivity contribution in [3.05, 3.63) is 64.6 Å². The van der Waals surface area contributed by atoms with Crippen LogP contribution in [0.4, 0.5) is 0 Å². The maximum Gasteiger partial charge on any atom is 0.329 e. The van der Waals surface area contributed by atoms with Crippen molar-refractivity contribution in [2.75, 3.05) is 6.26 Å². The lowest BCUT2D eigenvalue weighted by molar-refractivity contribution is 0.735. The van der Waals surface area contributed by atoms with Gasteiger partial charge in [-0.3, -0.25) is 9.13 Å². The Kier molecular flexibility index (Phi) is 3.40. The second-order valence-corrected chi connectivity index (χ2v) is 5.64. The summed E-state index contributed by atoms with van der Waals surface area (Å²) in [5.41, 5.74) is 3.12. The van der Waals surface area contributed by atoms with E-state index in [0.717, 1.165) is 16.6 Å². The van der Waals surface area contributed by atoms with Crippen LogP contribution in [0, 0.1) is 0 Å². The molecule has 3 nitrogen and oxygen atoms in total. The summed E-state index contributed by atoms with van der Waals surface area (Å²) in [7, 11) is 1.82. The minimum atomic E-state index is 0.0279. The van der Waals surface area contributed by atoms with E-state index in [9.17, 15) is 4.79 Å². The highest BCUT2D eigenvalue weighted by atomic mass is 32.2. The standard InChI is InChI=1S/C16H16N2OS/c1-17-14-5-3-4-6-15(14)18(16(17)19)11-12-7-9-13(20-2)10-8-12/h3-10H,11H2,1-2H3. The van der Waals surface area contributed by atoms with Gasteiger partial charge < -0.3 is 0 Å². The third-order valence-corrected chi connectivity index (χ3v) is 4.30. The molecule has 20 heavy (non-hydrogen) atoms. The number of hydrogen-bond acceptors (Lipinski definition) is 2. The molecule has 0 radical (unpaired) electrons. The molecule has 0 saturated heterocycles. The minimum absolute atomic E-state index is 0.0279. The lowest BCUT2D eigenvalue weighted by Crippen LogP contribution is -2.22. The molecule has 0 aliphatic carbocycles. The van der Waals surface area contributed by atoms with Crippen molar-refractivity contribution in [3.63, 3.8) is 0 Å². The van der Waals surface area contributed by atoms with Gasteiger partial charge >= 0.3 is 5.69 Å². The molecule has 0 unspecified atom stereocenters. The zero-order valence-electron chi connectivity index (χ0n) is 11.5. The highest BCUT2D eigenvalue weighted by Gasteiger charge is 2.09. The Morgan fingerprint density at radius 1 is 1.00 bits per heavy atom. The average Bonchev–Trinajstić information content (AvgIpc) is 2.74. The van der Waals surface area contributed by atoms with E-state index in [-0.39, 0.29) is 5.69 Å². The van der Waals surface area contributed by atoms with Crippen LogP contribution in [0.25, 0.3) is 11.0 Å². The van der Waals surface area contributed by atoms with Gasteiger partial charge in [-0.1, -0.05) is 24.3 Å². The first-order valence-corrected chi connectivity index (χ1v) is 7.70. The number of imidazole rings is 1. The minimum Gasteiger partial charge on any atom is -0.295 e. The molecule has 0 atom stereocenters. The van der Waals surface area contributed by atoms with Crippen molar-refractivity contribution >= 4 is 22.8 Å². The van der Waals surface area contributed by atoms with Gasteiger partial charge in [-0.05, 0) is 36.1 Å². The Bertz CT molecular complexity index is 799. The van der Waals surface area contributed by atoms with Gasteiger partial charge in [0.1, 0.15) is 0 Å². The maximum absolute atomic E-state index is 12.3. The molecule has 0 aliphatic heterocycles. The van der Waals surface area contributed by atoms with Crippen LogP contribution < -0.4 is 5.69 Å². The first kappa shape index (κ1) is 13.1. The molecule has 1 heterocycles. The lowest BCUT2D eigenvalue weighted by Gasteiger charge is -2.04. The maximum atomic E-state index is 12.3. The molecular weight excluding hydrogens is 268 g/mol. The Balaban J connectivity index is 2.06. The predicted octanol–water partition coefficient (Wildman–Crippen LogP) is 3.11. The van der Waals surface area contributed by atoms with Gasteiger partial charge in [0.25, 0.3) is 0 Å². The first-order valence-electron chi connectivity index (χ1n) is 6.48. The van der Waals surface area contributed by atoms with Crippen LogP contribution in [0.15, 0.2) is 58.2 Å². The van der Waals surface area contributed by atoms with E-state index in [0.29, 0.717) is 6.54 Å². The third-order valence-electron chi connectivity index (χ3n) is 3.55.